The first-order valence-corrected chi connectivity index (χ1v) is 6.40. The number of carbonyl (C=O) groups is 1. The SMILES string of the molecule is COC(=O)c1ncc(Br)cc1OCc1ccccc1. The molecule has 0 saturated heterocycles. The number of nitrogens with zero attached hydrogens (tertiary/aromatic N) is 1. The van der Waals surface area contributed by atoms with Gasteiger partial charge in [-0.25, -0.2) is 9.78 Å². The van der Waals surface area contributed by atoms with E-state index in [4.69, 9.17) is 4.74 Å². The zero-order valence-corrected chi connectivity index (χ0v) is 11.9. The molecule has 0 aliphatic carbocycles. The highest BCUT2D eigenvalue weighted by Crippen LogP contribution is 2.23. The summed E-state index contributed by atoms with van der Waals surface area (Å²) < 4.78 is 11.0. The molecule has 5 heteroatoms. The number of esters is 1. The van der Waals surface area contributed by atoms with E-state index < -0.39 is 5.97 Å². The number of aromatic nitrogens is 1. The Morgan fingerprint density at radius 2 is 2.05 bits per heavy atom. The molecule has 4 nitrogen and oxygen atoms in total. The van der Waals surface area contributed by atoms with Crippen LogP contribution in [0.4, 0.5) is 0 Å². The summed E-state index contributed by atoms with van der Waals surface area (Å²) in [7, 11) is 1.31. The van der Waals surface area contributed by atoms with Crippen molar-refractivity contribution in [1.82, 2.24) is 4.98 Å². The van der Waals surface area contributed by atoms with Gasteiger partial charge in [0.2, 0.25) is 0 Å². The zero-order chi connectivity index (χ0) is 13.7. The molecule has 0 aliphatic heterocycles. The molecule has 0 unspecified atom stereocenters. The van der Waals surface area contributed by atoms with Crippen LogP contribution in [0.15, 0.2) is 47.1 Å². The molecule has 1 heterocycles. The molecular formula is C14H12BrNO3. The van der Waals surface area contributed by atoms with E-state index in [1.807, 2.05) is 30.3 Å². The third-order valence-electron chi connectivity index (χ3n) is 2.44. The lowest BCUT2D eigenvalue weighted by Gasteiger charge is -2.10. The number of carbonyl (C=O) groups excluding carboxylic acids is 1. The first-order valence-electron chi connectivity index (χ1n) is 5.61. The lowest BCUT2D eigenvalue weighted by molar-refractivity contribution is 0.0588. The van der Waals surface area contributed by atoms with Crippen LogP contribution in [0.3, 0.4) is 0 Å². The topological polar surface area (TPSA) is 48.4 Å². The van der Waals surface area contributed by atoms with Crippen LogP contribution in [0.5, 0.6) is 5.75 Å². The van der Waals surface area contributed by atoms with Crippen molar-refractivity contribution < 1.29 is 14.3 Å². The average Bonchev–Trinajstić information content (AvgIpc) is 2.45. The molecule has 0 N–H and O–H groups in total. The van der Waals surface area contributed by atoms with Gasteiger partial charge in [-0.1, -0.05) is 30.3 Å². The predicted molar refractivity (Wildman–Crippen MR) is 74.1 cm³/mol. The Morgan fingerprint density at radius 1 is 1.32 bits per heavy atom. The second kappa shape index (κ2) is 6.33. The van der Waals surface area contributed by atoms with Crippen molar-refractivity contribution in [2.24, 2.45) is 0 Å². The third-order valence-corrected chi connectivity index (χ3v) is 2.87. The fraction of sp³-hybridized carbons (Fsp3) is 0.143. The van der Waals surface area contributed by atoms with E-state index in [0.717, 1.165) is 10.0 Å². The van der Waals surface area contributed by atoms with Gasteiger partial charge in [0.05, 0.1) is 7.11 Å². The second-order valence-corrected chi connectivity index (χ2v) is 4.68. The van der Waals surface area contributed by atoms with Crippen LogP contribution in [-0.2, 0) is 11.3 Å². The zero-order valence-electron chi connectivity index (χ0n) is 10.3. The smallest absolute Gasteiger partial charge is 0.360 e. The van der Waals surface area contributed by atoms with Crippen LogP contribution in [-0.4, -0.2) is 18.1 Å². The van der Waals surface area contributed by atoms with Gasteiger partial charge in [0, 0.05) is 10.7 Å². The van der Waals surface area contributed by atoms with Gasteiger partial charge in [-0.3, -0.25) is 0 Å². The molecule has 0 atom stereocenters. The van der Waals surface area contributed by atoms with Crippen molar-refractivity contribution in [3.05, 3.63) is 58.3 Å². The summed E-state index contributed by atoms with van der Waals surface area (Å²) >= 11 is 3.30. The summed E-state index contributed by atoms with van der Waals surface area (Å²) in [6.07, 6.45) is 1.53. The molecule has 0 radical (unpaired) electrons. The van der Waals surface area contributed by atoms with E-state index in [1.165, 1.54) is 13.3 Å². The van der Waals surface area contributed by atoms with Gasteiger partial charge >= 0.3 is 5.97 Å². The average molecular weight is 322 g/mol. The Morgan fingerprint density at radius 3 is 2.74 bits per heavy atom. The van der Waals surface area contributed by atoms with Gasteiger partial charge in [-0.05, 0) is 27.6 Å². The van der Waals surface area contributed by atoms with E-state index >= 15 is 0 Å². The summed E-state index contributed by atoms with van der Waals surface area (Å²) in [5, 5.41) is 0. The quantitative estimate of drug-likeness (QED) is 0.811. The van der Waals surface area contributed by atoms with Crippen molar-refractivity contribution in [2.75, 3.05) is 7.11 Å². The van der Waals surface area contributed by atoms with Crippen LogP contribution in [0.1, 0.15) is 16.1 Å². The minimum absolute atomic E-state index is 0.168. The number of hydrogen-bond acceptors (Lipinski definition) is 4. The molecule has 98 valence electrons. The minimum Gasteiger partial charge on any atom is -0.486 e. The Hall–Kier alpha value is -1.88. The molecule has 1 aromatic carbocycles. The number of pyridine rings is 1. The van der Waals surface area contributed by atoms with Crippen molar-refractivity contribution >= 4 is 21.9 Å². The molecule has 0 bridgehead atoms. The van der Waals surface area contributed by atoms with Crippen LogP contribution in [0.25, 0.3) is 0 Å². The number of ether oxygens (including phenoxy) is 2. The minimum atomic E-state index is -0.518. The van der Waals surface area contributed by atoms with Gasteiger partial charge in [0.15, 0.2) is 11.4 Å². The van der Waals surface area contributed by atoms with E-state index in [1.54, 1.807) is 6.07 Å². The van der Waals surface area contributed by atoms with Crippen LogP contribution < -0.4 is 4.74 Å². The number of benzene rings is 1. The summed E-state index contributed by atoms with van der Waals surface area (Å²) in [6, 6.07) is 11.4. The van der Waals surface area contributed by atoms with Crippen LogP contribution in [0.2, 0.25) is 0 Å². The summed E-state index contributed by atoms with van der Waals surface area (Å²) in [6.45, 7) is 0.364. The maximum Gasteiger partial charge on any atom is 0.360 e. The van der Waals surface area contributed by atoms with Gasteiger partial charge in [-0.2, -0.15) is 0 Å². The molecule has 0 fully saturated rings. The molecule has 2 rings (SSSR count). The highest BCUT2D eigenvalue weighted by atomic mass is 79.9. The molecule has 19 heavy (non-hydrogen) atoms. The Kier molecular flexibility index (Phi) is 4.52. The number of halogens is 1. The normalized spacial score (nSPS) is 10.0. The standard InChI is InChI=1S/C14H12BrNO3/c1-18-14(17)13-12(7-11(15)8-16-13)19-9-10-5-3-2-4-6-10/h2-8H,9H2,1H3. The van der Waals surface area contributed by atoms with Gasteiger partial charge in [-0.15, -0.1) is 0 Å². The highest BCUT2D eigenvalue weighted by Gasteiger charge is 2.15. The van der Waals surface area contributed by atoms with Gasteiger partial charge in [0.1, 0.15) is 6.61 Å². The van der Waals surface area contributed by atoms with E-state index in [9.17, 15) is 4.79 Å². The molecule has 2 aromatic rings. The number of methoxy groups -OCH3 is 1. The molecule has 1 aromatic heterocycles. The first kappa shape index (κ1) is 13.5. The maximum absolute atomic E-state index is 11.6. The summed E-state index contributed by atoms with van der Waals surface area (Å²) in [4.78, 5) is 15.6. The molecule has 0 aliphatic rings. The number of rotatable bonds is 4. The fourth-order valence-corrected chi connectivity index (χ4v) is 1.83. The molecule has 0 saturated carbocycles. The lowest BCUT2D eigenvalue weighted by Crippen LogP contribution is -2.08. The predicted octanol–water partition coefficient (Wildman–Crippen LogP) is 3.21. The first-order chi connectivity index (χ1) is 9.20. The fourth-order valence-electron chi connectivity index (χ4n) is 1.52. The Labute approximate surface area is 119 Å². The van der Waals surface area contributed by atoms with Crippen molar-refractivity contribution in [1.29, 1.82) is 0 Å². The van der Waals surface area contributed by atoms with Crippen molar-refractivity contribution in [3.8, 4) is 5.75 Å². The Balaban J connectivity index is 2.19. The second-order valence-electron chi connectivity index (χ2n) is 3.77. The molecular weight excluding hydrogens is 310 g/mol. The van der Waals surface area contributed by atoms with E-state index in [2.05, 4.69) is 25.7 Å². The van der Waals surface area contributed by atoms with Crippen molar-refractivity contribution in [3.63, 3.8) is 0 Å². The summed E-state index contributed by atoms with van der Waals surface area (Å²) in [5.41, 5.74) is 1.18. The third kappa shape index (κ3) is 3.54. The van der Waals surface area contributed by atoms with Gasteiger partial charge in [0.25, 0.3) is 0 Å². The maximum atomic E-state index is 11.6. The molecule has 0 amide bonds. The van der Waals surface area contributed by atoms with E-state index in [-0.39, 0.29) is 5.69 Å². The van der Waals surface area contributed by atoms with Crippen LogP contribution in [0, 0.1) is 0 Å². The highest BCUT2D eigenvalue weighted by molar-refractivity contribution is 9.10. The Bertz CT molecular complexity index is 572. The monoisotopic (exact) mass is 321 g/mol. The van der Waals surface area contributed by atoms with Gasteiger partial charge < -0.3 is 9.47 Å². The van der Waals surface area contributed by atoms with Crippen molar-refractivity contribution in [2.45, 2.75) is 6.61 Å². The lowest BCUT2D eigenvalue weighted by atomic mass is 10.2. The van der Waals surface area contributed by atoms with Crippen LogP contribution >= 0.6 is 15.9 Å². The largest absolute Gasteiger partial charge is 0.486 e. The molecule has 0 spiro atoms. The summed E-state index contributed by atoms with van der Waals surface area (Å²) in [5.74, 6) is -0.124. The van der Waals surface area contributed by atoms with E-state index in [0.29, 0.717) is 12.4 Å². The number of hydrogen-bond donors (Lipinski definition) is 0.